The van der Waals surface area contributed by atoms with Gasteiger partial charge >= 0.3 is 0 Å². The number of carbonyl (C=O) groups is 1. The standard InChI is InChI=1S/C12H15N3O/c1-4-9-6-5-8-7-10(12(16)15(2)3)14-11(8)13-9/h5-7H,4H2,1-3H3,(H,13,14). The number of H-pyrrole nitrogens is 1. The maximum atomic E-state index is 11.7. The molecule has 2 aromatic heterocycles. The van der Waals surface area contributed by atoms with Gasteiger partial charge in [0.1, 0.15) is 11.3 Å². The van der Waals surface area contributed by atoms with Crippen molar-refractivity contribution in [1.29, 1.82) is 0 Å². The van der Waals surface area contributed by atoms with Crippen LogP contribution in [0.2, 0.25) is 0 Å². The molecule has 0 saturated heterocycles. The average molecular weight is 217 g/mol. The Labute approximate surface area is 94.3 Å². The van der Waals surface area contributed by atoms with Crippen LogP contribution in [0.3, 0.4) is 0 Å². The zero-order valence-corrected chi connectivity index (χ0v) is 9.74. The minimum atomic E-state index is -0.0314. The molecule has 0 unspecified atom stereocenters. The molecule has 4 heteroatoms. The van der Waals surface area contributed by atoms with E-state index in [0.29, 0.717) is 5.69 Å². The summed E-state index contributed by atoms with van der Waals surface area (Å²) in [7, 11) is 3.47. The molecule has 2 heterocycles. The number of carbonyl (C=O) groups excluding carboxylic acids is 1. The average Bonchev–Trinajstić information content (AvgIpc) is 2.69. The molecule has 2 aromatic rings. The van der Waals surface area contributed by atoms with Crippen LogP contribution in [0.4, 0.5) is 0 Å². The number of hydrogen-bond donors (Lipinski definition) is 1. The maximum Gasteiger partial charge on any atom is 0.269 e. The van der Waals surface area contributed by atoms with Gasteiger partial charge in [-0.15, -0.1) is 0 Å². The Morgan fingerprint density at radius 1 is 1.44 bits per heavy atom. The number of amides is 1. The molecule has 0 bridgehead atoms. The minimum absolute atomic E-state index is 0.0314. The number of aromatic amines is 1. The van der Waals surface area contributed by atoms with Gasteiger partial charge in [0.2, 0.25) is 0 Å². The summed E-state index contributed by atoms with van der Waals surface area (Å²) in [4.78, 5) is 20.8. The largest absolute Gasteiger partial charge is 0.344 e. The van der Waals surface area contributed by atoms with Crippen LogP contribution < -0.4 is 0 Å². The summed E-state index contributed by atoms with van der Waals surface area (Å²) in [6.07, 6.45) is 0.895. The summed E-state index contributed by atoms with van der Waals surface area (Å²) in [5, 5.41) is 0.974. The third-order valence-electron chi connectivity index (χ3n) is 2.54. The molecule has 0 aliphatic rings. The predicted octanol–water partition coefficient (Wildman–Crippen LogP) is 1.83. The Balaban J connectivity index is 2.47. The SMILES string of the molecule is CCc1ccc2cc(C(=O)N(C)C)[nH]c2n1. The molecule has 0 atom stereocenters. The second kappa shape index (κ2) is 3.96. The van der Waals surface area contributed by atoms with E-state index in [1.54, 1.807) is 19.0 Å². The summed E-state index contributed by atoms with van der Waals surface area (Å²) in [6.45, 7) is 2.06. The minimum Gasteiger partial charge on any atom is -0.344 e. The van der Waals surface area contributed by atoms with E-state index in [9.17, 15) is 4.79 Å². The van der Waals surface area contributed by atoms with Gasteiger partial charge in [0.05, 0.1) is 0 Å². The first-order valence-corrected chi connectivity index (χ1v) is 5.32. The van der Waals surface area contributed by atoms with Crippen LogP contribution in [0.15, 0.2) is 18.2 Å². The molecule has 0 fully saturated rings. The van der Waals surface area contributed by atoms with E-state index in [2.05, 4.69) is 16.9 Å². The molecule has 16 heavy (non-hydrogen) atoms. The second-order valence-corrected chi connectivity index (χ2v) is 3.98. The number of hydrogen-bond acceptors (Lipinski definition) is 2. The first-order valence-electron chi connectivity index (χ1n) is 5.32. The highest BCUT2D eigenvalue weighted by atomic mass is 16.2. The number of rotatable bonds is 2. The Morgan fingerprint density at radius 2 is 2.19 bits per heavy atom. The van der Waals surface area contributed by atoms with Crippen molar-refractivity contribution in [3.05, 3.63) is 29.6 Å². The lowest BCUT2D eigenvalue weighted by Crippen LogP contribution is -2.21. The fourth-order valence-corrected chi connectivity index (χ4v) is 1.60. The highest BCUT2D eigenvalue weighted by molar-refractivity contribution is 5.96. The van der Waals surface area contributed by atoms with E-state index >= 15 is 0 Å². The normalized spacial score (nSPS) is 10.7. The topological polar surface area (TPSA) is 49.0 Å². The summed E-state index contributed by atoms with van der Waals surface area (Å²) in [6, 6.07) is 5.81. The summed E-state index contributed by atoms with van der Waals surface area (Å²) in [5.41, 5.74) is 2.39. The number of aryl methyl sites for hydroxylation is 1. The molecule has 0 saturated carbocycles. The van der Waals surface area contributed by atoms with Crippen LogP contribution in [0.5, 0.6) is 0 Å². The van der Waals surface area contributed by atoms with Crippen LogP contribution >= 0.6 is 0 Å². The number of nitrogens with zero attached hydrogens (tertiary/aromatic N) is 2. The van der Waals surface area contributed by atoms with Gasteiger partial charge in [-0.3, -0.25) is 4.79 Å². The third kappa shape index (κ3) is 1.78. The van der Waals surface area contributed by atoms with Crippen molar-refractivity contribution in [3.63, 3.8) is 0 Å². The van der Waals surface area contributed by atoms with Gasteiger partial charge in [0.25, 0.3) is 5.91 Å². The molecular formula is C12H15N3O. The van der Waals surface area contributed by atoms with Gasteiger partial charge in [-0.1, -0.05) is 6.92 Å². The molecule has 0 aliphatic carbocycles. The molecule has 2 rings (SSSR count). The van der Waals surface area contributed by atoms with E-state index in [4.69, 9.17) is 0 Å². The number of pyridine rings is 1. The lowest BCUT2D eigenvalue weighted by atomic mass is 10.2. The van der Waals surface area contributed by atoms with Gasteiger partial charge in [0.15, 0.2) is 0 Å². The van der Waals surface area contributed by atoms with Gasteiger partial charge in [-0.2, -0.15) is 0 Å². The van der Waals surface area contributed by atoms with Crippen LogP contribution in [-0.2, 0) is 6.42 Å². The smallest absolute Gasteiger partial charge is 0.269 e. The van der Waals surface area contributed by atoms with Gasteiger partial charge in [-0.25, -0.2) is 4.98 Å². The lowest BCUT2D eigenvalue weighted by molar-refractivity contribution is 0.0823. The van der Waals surface area contributed by atoms with Crippen LogP contribution in [0.1, 0.15) is 23.1 Å². The molecule has 0 radical (unpaired) electrons. The molecule has 0 aromatic carbocycles. The monoisotopic (exact) mass is 217 g/mol. The third-order valence-corrected chi connectivity index (χ3v) is 2.54. The number of nitrogens with one attached hydrogen (secondary N) is 1. The first kappa shape index (κ1) is 10.7. The molecular weight excluding hydrogens is 202 g/mol. The Hall–Kier alpha value is -1.84. The number of fused-ring (bicyclic) bond motifs is 1. The Morgan fingerprint density at radius 3 is 2.81 bits per heavy atom. The Bertz CT molecular complexity index is 528. The molecule has 84 valence electrons. The predicted molar refractivity (Wildman–Crippen MR) is 63.5 cm³/mol. The van der Waals surface area contributed by atoms with Crippen LogP contribution in [0.25, 0.3) is 11.0 Å². The van der Waals surface area contributed by atoms with Crippen LogP contribution in [-0.4, -0.2) is 34.9 Å². The fourth-order valence-electron chi connectivity index (χ4n) is 1.60. The summed E-state index contributed by atoms with van der Waals surface area (Å²) < 4.78 is 0. The van der Waals surface area contributed by atoms with Gasteiger partial charge in [-0.05, 0) is 24.6 Å². The lowest BCUT2D eigenvalue weighted by Gasteiger charge is -2.07. The fraction of sp³-hybridized carbons (Fsp3) is 0.333. The van der Waals surface area contributed by atoms with E-state index < -0.39 is 0 Å². The van der Waals surface area contributed by atoms with E-state index in [1.165, 1.54) is 0 Å². The van der Waals surface area contributed by atoms with Gasteiger partial charge in [0, 0.05) is 25.2 Å². The van der Waals surface area contributed by atoms with Gasteiger partial charge < -0.3 is 9.88 Å². The van der Waals surface area contributed by atoms with Crippen molar-refractivity contribution < 1.29 is 4.79 Å². The van der Waals surface area contributed by atoms with Crippen molar-refractivity contribution in [2.45, 2.75) is 13.3 Å². The van der Waals surface area contributed by atoms with Crippen LogP contribution in [0, 0.1) is 0 Å². The Kier molecular flexibility index (Phi) is 2.64. The highest BCUT2D eigenvalue weighted by Crippen LogP contribution is 2.15. The maximum absolute atomic E-state index is 11.7. The molecule has 4 nitrogen and oxygen atoms in total. The van der Waals surface area contributed by atoms with E-state index in [-0.39, 0.29) is 5.91 Å². The quantitative estimate of drug-likeness (QED) is 0.834. The van der Waals surface area contributed by atoms with Crippen molar-refractivity contribution in [2.75, 3.05) is 14.1 Å². The zero-order chi connectivity index (χ0) is 11.7. The van der Waals surface area contributed by atoms with Crippen molar-refractivity contribution in [2.24, 2.45) is 0 Å². The second-order valence-electron chi connectivity index (χ2n) is 3.98. The van der Waals surface area contributed by atoms with E-state index in [0.717, 1.165) is 23.1 Å². The molecule has 0 spiro atoms. The number of aromatic nitrogens is 2. The molecule has 1 amide bonds. The molecule has 1 N–H and O–H groups in total. The van der Waals surface area contributed by atoms with Crippen molar-refractivity contribution >= 4 is 16.9 Å². The van der Waals surface area contributed by atoms with E-state index in [1.807, 2.05) is 18.2 Å². The summed E-state index contributed by atoms with van der Waals surface area (Å²) in [5.74, 6) is -0.0314. The first-order chi connectivity index (χ1) is 7.61. The highest BCUT2D eigenvalue weighted by Gasteiger charge is 2.11. The molecule has 0 aliphatic heterocycles. The summed E-state index contributed by atoms with van der Waals surface area (Å²) >= 11 is 0. The van der Waals surface area contributed by atoms with Crippen molar-refractivity contribution in [3.8, 4) is 0 Å². The zero-order valence-electron chi connectivity index (χ0n) is 9.74. The van der Waals surface area contributed by atoms with Crippen molar-refractivity contribution in [1.82, 2.24) is 14.9 Å².